The summed E-state index contributed by atoms with van der Waals surface area (Å²) < 4.78 is 0. The molecule has 15 heavy (non-hydrogen) atoms. The quantitative estimate of drug-likeness (QED) is 0.468. The van der Waals surface area contributed by atoms with Crippen LogP contribution in [0.1, 0.15) is 21.7 Å². The molecule has 0 bridgehead atoms. The van der Waals surface area contributed by atoms with E-state index < -0.39 is 11.9 Å². The lowest BCUT2D eigenvalue weighted by Gasteiger charge is -2.12. The monoisotopic (exact) mass is 209 g/mol. The highest BCUT2D eigenvalue weighted by molar-refractivity contribution is 6.03. The van der Waals surface area contributed by atoms with Crippen LogP contribution < -0.4 is 16.4 Å². The number of primary amides is 1. The van der Waals surface area contributed by atoms with Crippen LogP contribution in [0.4, 0.5) is 4.79 Å². The first-order chi connectivity index (χ1) is 7.18. The fourth-order valence-corrected chi connectivity index (χ4v) is 1.58. The molecule has 2 heterocycles. The van der Waals surface area contributed by atoms with Gasteiger partial charge in [0, 0.05) is 30.8 Å². The number of aromatic amines is 1. The molecule has 80 valence electrons. The Morgan fingerprint density at radius 1 is 1.47 bits per heavy atom. The third-order valence-corrected chi connectivity index (χ3v) is 2.26. The first-order valence-corrected chi connectivity index (χ1v) is 4.56. The van der Waals surface area contributed by atoms with E-state index in [0.29, 0.717) is 6.54 Å². The highest BCUT2D eigenvalue weighted by Crippen LogP contribution is 2.14. The number of fused-ring (bicyclic) bond motifs is 1. The van der Waals surface area contributed by atoms with Crippen molar-refractivity contribution in [2.24, 2.45) is 5.73 Å². The molecule has 0 aliphatic carbocycles. The second kappa shape index (κ2) is 3.70. The van der Waals surface area contributed by atoms with Gasteiger partial charge in [-0.1, -0.05) is 0 Å². The summed E-state index contributed by atoms with van der Waals surface area (Å²) in [6.45, 7) is 1.43. The number of carbonyl (C=O) groups is 2. The van der Waals surface area contributed by atoms with E-state index in [9.17, 15) is 9.59 Å². The number of hydrogen-bond donors (Lipinski definition) is 4. The molecular formula is C8H11N5O2. The Balaban J connectivity index is 2.25. The molecule has 0 aromatic carbocycles. The van der Waals surface area contributed by atoms with Gasteiger partial charge in [0.05, 0.1) is 0 Å². The summed E-state index contributed by atoms with van der Waals surface area (Å²) >= 11 is 0. The van der Waals surface area contributed by atoms with Gasteiger partial charge in [-0.05, 0) is 0 Å². The van der Waals surface area contributed by atoms with Crippen molar-refractivity contribution in [2.45, 2.75) is 13.0 Å². The molecule has 0 fully saturated rings. The Labute approximate surface area is 85.4 Å². The number of rotatable bonds is 1. The normalized spacial score (nSPS) is 14.4. The van der Waals surface area contributed by atoms with Crippen LogP contribution >= 0.6 is 0 Å². The van der Waals surface area contributed by atoms with Crippen molar-refractivity contribution < 1.29 is 9.59 Å². The molecular weight excluding hydrogens is 198 g/mol. The van der Waals surface area contributed by atoms with Gasteiger partial charge < -0.3 is 11.1 Å². The fraction of sp³-hybridized carbons (Fsp3) is 0.375. The molecule has 0 saturated heterocycles. The lowest BCUT2D eigenvalue weighted by Crippen LogP contribution is -2.36. The van der Waals surface area contributed by atoms with E-state index in [0.717, 1.165) is 24.2 Å². The maximum Gasteiger partial charge on any atom is 0.319 e. The summed E-state index contributed by atoms with van der Waals surface area (Å²) in [7, 11) is 0. The lowest BCUT2D eigenvalue weighted by molar-refractivity contribution is 0.0960. The Kier molecular flexibility index (Phi) is 2.38. The van der Waals surface area contributed by atoms with E-state index in [1.165, 1.54) is 0 Å². The first kappa shape index (κ1) is 9.66. The lowest BCUT2D eigenvalue weighted by atomic mass is 10.1. The van der Waals surface area contributed by atoms with Crippen LogP contribution in [0.15, 0.2) is 0 Å². The molecule has 7 heteroatoms. The highest BCUT2D eigenvalue weighted by atomic mass is 16.2. The Morgan fingerprint density at radius 2 is 2.27 bits per heavy atom. The minimum atomic E-state index is -0.875. The average molecular weight is 209 g/mol. The van der Waals surface area contributed by atoms with Gasteiger partial charge in [-0.25, -0.2) is 4.79 Å². The second-order valence-corrected chi connectivity index (χ2v) is 3.27. The number of nitrogens with one attached hydrogen (secondary N) is 3. The van der Waals surface area contributed by atoms with Gasteiger partial charge in [-0.2, -0.15) is 5.10 Å². The molecule has 0 saturated carbocycles. The number of nitrogens with two attached hydrogens (primary N) is 1. The molecule has 2 rings (SSSR count). The zero-order valence-corrected chi connectivity index (χ0v) is 7.96. The van der Waals surface area contributed by atoms with E-state index >= 15 is 0 Å². The number of H-pyrrole nitrogens is 1. The molecule has 5 N–H and O–H groups in total. The SMILES string of the molecule is NC(=O)NC(=O)c1n[nH]c2c1CNCC2. The molecule has 0 atom stereocenters. The summed E-state index contributed by atoms with van der Waals surface area (Å²) in [5.41, 5.74) is 6.82. The van der Waals surface area contributed by atoms with Gasteiger partial charge in [-0.3, -0.25) is 15.2 Å². The Morgan fingerprint density at radius 3 is 3.00 bits per heavy atom. The zero-order valence-electron chi connectivity index (χ0n) is 7.96. The van der Waals surface area contributed by atoms with E-state index in [1.807, 2.05) is 5.32 Å². The maximum absolute atomic E-state index is 11.5. The van der Waals surface area contributed by atoms with Crippen LogP contribution in [-0.2, 0) is 13.0 Å². The standard InChI is InChI=1S/C8H11N5O2/c9-8(15)11-7(14)6-4-3-10-2-1-5(4)12-13-6/h10H,1-3H2,(H,12,13)(H3,9,11,14,15). The van der Waals surface area contributed by atoms with Gasteiger partial charge in [0.1, 0.15) is 0 Å². The molecule has 1 aromatic rings. The highest BCUT2D eigenvalue weighted by Gasteiger charge is 2.21. The zero-order chi connectivity index (χ0) is 10.8. The summed E-state index contributed by atoms with van der Waals surface area (Å²) in [6, 6.07) is -0.875. The van der Waals surface area contributed by atoms with Crippen molar-refractivity contribution >= 4 is 11.9 Å². The molecule has 7 nitrogen and oxygen atoms in total. The summed E-state index contributed by atoms with van der Waals surface area (Å²) in [5.74, 6) is -0.566. The number of hydrogen-bond acceptors (Lipinski definition) is 4. The topological polar surface area (TPSA) is 113 Å². The molecule has 1 aliphatic heterocycles. The number of imide groups is 1. The van der Waals surface area contributed by atoms with Crippen LogP contribution in [0.2, 0.25) is 0 Å². The molecule has 0 unspecified atom stereocenters. The van der Waals surface area contributed by atoms with Crippen molar-refractivity contribution in [1.29, 1.82) is 0 Å². The predicted molar refractivity (Wildman–Crippen MR) is 51.0 cm³/mol. The van der Waals surface area contributed by atoms with Crippen molar-refractivity contribution in [3.05, 3.63) is 17.0 Å². The average Bonchev–Trinajstić information content (AvgIpc) is 2.59. The predicted octanol–water partition coefficient (Wildman–Crippen LogP) is -1.14. The fourth-order valence-electron chi connectivity index (χ4n) is 1.58. The minimum Gasteiger partial charge on any atom is -0.351 e. The number of aromatic nitrogens is 2. The van der Waals surface area contributed by atoms with Crippen molar-refractivity contribution in [1.82, 2.24) is 20.8 Å². The molecule has 1 aromatic heterocycles. The third kappa shape index (κ3) is 1.82. The van der Waals surface area contributed by atoms with E-state index in [-0.39, 0.29) is 5.69 Å². The molecule has 0 spiro atoms. The summed E-state index contributed by atoms with van der Waals surface area (Å²) in [6.07, 6.45) is 0.798. The number of nitrogens with zero attached hydrogens (tertiary/aromatic N) is 1. The largest absolute Gasteiger partial charge is 0.351 e. The van der Waals surface area contributed by atoms with Crippen molar-refractivity contribution in [2.75, 3.05) is 6.54 Å². The van der Waals surface area contributed by atoms with Crippen LogP contribution in [0.25, 0.3) is 0 Å². The minimum absolute atomic E-state index is 0.232. The molecule has 1 aliphatic rings. The van der Waals surface area contributed by atoms with Gasteiger partial charge >= 0.3 is 6.03 Å². The van der Waals surface area contributed by atoms with Gasteiger partial charge in [0.2, 0.25) is 0 Å². The molecule has 0 radical (unpaired) electrons. The van der Waals surface area contributed by atoms with Crippen LogP contribution in [-0.4, -0.2) is 28.7 Å². The smallest absolute Gasteiger partial charge is 0.319 e. The van der Waals surface area contributed by atoms with Gasteiger partial charge in [0.25, 0.3) is 5.91 Å². The van der Waals surface area contributed by atoms with Crippen molar-refractivity contribution in [3.8, 4) is 0 Å². The number of urea groups is 1. The third-order valence-electron chi connectivity index (χ3n) is 2.26. The van der Waals surface area contributed by atoms with Crippen LogP contribution in [0.3, 0.4) is 0 Å². The summed E-state index contributed by atoms with van der Waals surface area (Å²) in [4.78, 5) is 22.0. The second-order valence-electron chi connectivity index (χ2n) is 3.27. The van der Waals surface area contributed by atoms with E-state index in [1.54, 1.807) is 0 Å². The van der Waals surface area contributed by atoms with E-state index in [2.05, 4.69) is 15.5 Å². The summed E-state index contributed by atoms with van der Waals surface area (Å²) in [5, 5.41) is 11.7. The van der Waals surface area contributed by atoms with Gasteiger partial charge in [-0.15, -0.1) is 0 Å². The number of amides is 3. The van der Waals surface area contributed by atoms with Crippen LogP contribution in [0.5, 0.6) is 0 Å². The van der Waals surface area contributed by atoms with Crippen LogP contribution in [0, 0.1) is 0 Å². The Bertz CT molecular complexity index is 411. The van der Waals surface area contributed by atoms with Gasteiger partial charge in [0.15, 0.2) is 5.69 Å². The molecule has 3 amide bonds. The Hall–Kier alpha value is -1.89. The first-order valence-electron chi connectivity index (χ1n) is 4.56. The maximum atomic E-state index is 11.5. The van der Waals surface area contributed by atoms with Crippen molar-refractivity contribution in [3.63, 3.8) is 0 Å². The van der Waals surface area contributed by atoms with E-state index in [4.69, 9.17) is 5.73 Å². The number of carbonyl (C=O) groups excluding carboxylic acids is 2.